The summed E-state index contributed by atoms with van der Waals surface area (Å²) in [7, 11) is 0. The minimum absolute atomic E-state index is 0.0588. The highest BCUT2D eigenvalue weighted by Gasteiger charge is 2.67. The Bertz CT molecular complexity index is 1720. The standard InChI is InChI=1S/C32H21BrN2O5/c33-32-23-10-3-1-8-21(23)25(22-9-2-4-11-24(22)32)26-27(32)30(38)35(29(26)37)20-14-12-17(13-15-20)28(36)34-19-7-5-6-18(16-19)31(39)40/h1-16,25-27H,(H,34,36)(H,39,40)/t25?,26-,27+,32?/m1/s1. The fourth-order valence-electron chi connectivity index (χ4n) is 6.63. The molecular weight excluding hydrogens is 572 g/mol. The van der Waals surface area contributed by atoms with Crippen LogP contribution in [0.25, 0.3) is 0 Å². The molecule has 0 spiro atoms. The van der Waals surface area contributed by atoms with Crippen LogP contribution in [0.2, 0.25) is 0 Å². The zero-order valence-corrected chi connectivity index (χ0v) is 22.5. The number of alkyl halides is 1. The van der Waals surface area contributed by atoms with Gasteiger partial charge < -0.3 is 10.4 Å². The number of hydrogen-bond donors (Lipinski definition) is 2. The van der Waals surface area contributed by atoms with Crippen LogP contribution in [-0.2, 0) is 13.9 Å². The summed E-state index contributed by atoms with van der Waals surface area (Å²) in [6.07, 6.45) is 0. The molecule has 1 heterocycles. The van der Waals surface area contributed by atoms with Crippen LogP contribution in [-0.4, -0.2) is 28.8 Å². The Balaban J connectivity index is 1.22. The van der Waals surface area contributed by atoms with Crippen LogP contribution in [0.5, 0.6) is 0 Å². The maximum absolute atomic E-state index is 14.1. The first kappa shape index (κ1) is 24.5. The molecule has 8 heteroatoms. The summed E-state index contributed by atoms with van der Waals surface area (Å²) < 4.78 is -0.828. The zero-order valence-electron chi connectivity index (χ0n) is 20.9. The summed E-state index contributed by atoms with van der Waals surface area (Å²) in [5.74, 6) is -3.46. The first-order valence-electron chi connectivity index (χ1n) is 12.8. The van der Waals surface area contributed by atoms with Crippen LogP contribution < -0.4 is 10.2 Å². The third kappa shape index (κ3) is 3.29. The van der Waals surface area contributed by atoms with Gasteiger partial charge in [-0.25, -0.2) is 9.69 Å². The molecule has 1 fully saturated rings. The lowest BCUT2D eigenvalue weighted by molar-refractivity contribution is -0.122. The highest BCUT2D eigenvalue weighted by Crippen LogP contribution is 2.66. The molecule has 40 heavy (non-hydrogen) atoms. The monoisotopic (exact) mass is 592 g/mol. The zero-order chi connectivity index (χ0) is 27.8. The van der Waals surface area contributed by atoms with Gasteiger partial charge in [-0.15, -0.1) is 0 Å². The summed E-state index contributed by atoms with van der Waals surface area (Å²) in [6.45, 7) is 0. The number of amides is 3. The summed E-state index contributed by atoms with van der Waals surface area (Å²) in [5.41, 5.74) is 5.26. The van der Waals surface area contributed by atoms with Gasteiger partial charge in [-0.2, -0.15) is 0 Å². The fraction of sp³-hybridized carbons (Fsp3) is 0.125. The second kappa shape index (κ2) is 8.72. The van der Waals surface area contributed by atoms with Crippen LogP contribution >= 0.6 is 15.9 Å². The summed E-state index contributed by atoms with van der Waals surface area (Å²) in [5, 5.41) is 11.9. The Morgan fingerprint density at radius 1 is 0.775 bits per heavy atom. The van der Waals surface area contributed by atoms with E-state index in [4.69, 9.17) is 0 Å². The first-order valence-corrected chi connectivity index (χ1v) is 13.6. The molecule has 3 aliphatic carbocycles. The van der Waals surface area contributed by atoms with Gasteiger partial charge in [0.1, 0.15) is 0 Å². The number of nitrogens with zero attached hydrogens (tertiary/aromatic N) is 1. The second-order valence-electron chi connectivity index (χ2n) is 10.3. The third-order valence-electron chi connectivity index (χ3n) is 8.27. The van der Waals surface area contributed by atoms with Crippen LogP contribution in [0.15, 0.2) is 97.1 Å². The molecule has 0 aromatic heterocycles. The molecule has 3 amide bonds. The molecule has 0 unspecified atom stereocenters. The lowest BCUT2D eigenvalue weighted by atomic mass is 9.55. The van der Waals surface area contributed by atoms with Gasteiger partial charge in [0.25, 0.3) is 5.91 Å². The quantitative estimate of drug-likeness (QED) is 0.239. The van der Waals surface area contributed by atoms with Gasteiger partial charge in [-0.1, -0.05) is 70.5 Å². The van der Waals surface area contributed by atoms with E-state index in [0.717, 1.165) is 22.3 Å². The van der Waals surface area contributed by atoms with Gasteiger partial charge in [0.05, 0.1) is 27.4 Å². The maximum atomic E-state index is 14.1. The minimum atomic E-state index is -1.09. The van der Waals surface area contributed by atoms with Gasteiger partial charge in [-0.3, -0.25) is 14.4 Å². The number of carbonyl (C=O) groups excluding carboxylic acids is 3. The lowest BCUT2D eigenvalue weighted by Crippen LogP contribution is -2.50. The van der Waals surface area contributed by atoms with E-state index in [1.165, 1.54) is 17.0 Å². The molecule has 2 N–H and O–H groups in total. The predicted molar refractivity (Wildman–Crippen MR) is 152 cm³/mol. The second-order valence-corrected chi connectivity index (χ2v) is 11.5. The van der Waals surface area contributed by atoms with E-state index < -0.39 is 28.0 Å². The Morgan fingerprint density at radius 2 is 1.40 bits per heavy atom. The van der Waals surface area contributed by atoms with Crippen LogP contribution in [0.3, 0.4) is 0 Å². The van der Waals surface area contributed by atoms with Crippen molar-refractivity contribution in [2.24, 2.45) is 11.8 Å². The topological polar surface area (TPSA) is 104 Å². The molecule has 1 saturated heterocycles. The van der Waals surface area contributed by atoms with E-state index in [9.17, 15) is 24.3 Å². The Hall–Kier alpha value is -4.56. The van der Waals surface area contributed by atoms with Gasteiger partial charge in [-0.05, 0) is 64.7 Å². The summed E-state index contributed by atoms with van der Waals surface area (Å²) >= 11 is 3.99. The number of carboxylic acids is 1. The number of benzene rings is 4. The number of halogens is 1. The average molecular weight is 593 g/mol. The number of carboxylic acid groups (broad SMARTS) is 1. The average Bonchev–Trinajstić information content (AvgIpc) is 3.24. The van der Waals surface area contributed by atoms with Crippen LogP contribution in [0, 0.1) is 11.8 Å². The van der Waals surface area contributed by atoms with Crippen LogP contribution in [0.4, 0.5) is 11.4 Å². The van der Waals surface area contributed by atoms with Gasteiger partial charge in [0, 0.05) is 17.2 Å². The molecule has 4 aliphatic rings. The number of aromatic carboxylic acids is 1. The van der Waals surface area contributed by atoms with Gasteiger partial charge >= 0.3 is 5.97 Å². The number of rotatable bonds is 4. The highest BCUT2D eigenvalue weighted by molar-refractivity contribution is 9.09. The fourth-order valence-corrected chi connectivity index (χ4v) is 7.83. The van der Waals surface area contributed by atoms with E-state index in [0.29, 0.717) is 16.9 Å². The van der Waals surface area contributed by atoms with Crippen molar-refractivity contribution in [3.8, 4) is 0 Å². The smallest absolute Gasteiger partial charge is 0.335 e. The van der Waals surface area contributed by atoms with E-state index >= 15 is 0 Å². The molecule has 0 saturated carbocycles. The highest BCUT2D eigenvalue weighted by atomic mass is 79.9. The summed E-state index contributed by atoms with van der Waals surface area (Å²) in [4.78, 5) is 53.4. The molecule has 8 rings (SSSR count). The predicted octanol–water partition coefficient (Wildman–Crippen LogP) is 5.54. The van der Waals surface area contributed by atoms with Gasteiger partial charge in [0.15, 0.2) is 0 Å². The van der Waals surface area contributed by atoms with E-state index in [1.807, 2.05) is 48.5 Å². The van der Waals surface area contributed by atoms with Crippen molar-refractivity contribution in [3.63, 3.8) is 0 Å². The lowest BCUT2D eigenvalue weighted by Gasteiger charge is -2.51. The largest absolute Gasteiger partial charge is 0.478 e. The van der Waals surface area contributed by atoms with Crippen molar-refractivity contribution in [2.75, 3.05) is 10.2 Å². The maximum Gasteiger partial charge on any atom is 0.335 e. The molecular formula is C32H21BrN2O5. The molecule has 2 bridgehead atoms. The third-order valence-corrected chi connectivity index (χ3v) is 9.62. The van der Waals surface area contributed by atoms with Crippen molar-refractivity contribution in [1.29, 1.82) is 0 Å². The van der Waals surface area contributed by atoms with Crippen molar-refractivity contribution in [1.82, 2.24) is 0 Å². The van der Waals surface area contributed by atoms with Crippen LogP contribution in [0.1, 0.15) is 48.9 Å². The molecule has 4 aromatic carbocycles. The first-order chi connectivity index (χ1) is 19.3. The molecule has 196 valence electrons. The van der Waals surface area contributed by atoms with Crippen molar-refractivity contribution >= 4 is 51.0 Å². The number of nitrogens with one attached hydrogen (secondary N) is 1. The number of anilines is 2. The SMILES string of the molecule is O=C(O)c1cccc(NC(=O)c2ccc(N3C(=O)[C@@H]4C5c6ccccc6C(Br)(c6ccccc65)[C@@H]4C3=O)cc2)c1. The Labute approximate surface area is 237 Å². The summed E-state index contributed by atoms with van der Waals surface area (Å²) in [6, 6.07) is 28.3. The van der Waals surface area contributed by atoms with Crippen molar-refractivity contribution in [2.45, 2.75) is 10.2 Å². The molecule has 1 aliphatic heterocycles. The normalized spacial score (nSPS) is 23.8. The van der Waals surface area contributed by atoms with E-state index in [-0.39, 0.29) is 23.3 Å². The van der Waals surface area contributed by atoms with Gasteiger partial charge in [0.2, 0.25) is 11.8 Å². The molecule has 0 radical (unpaired) electrons. The Kier molecular flexibility index (Phi) is 5.34. The van der Waals surface area contributed by atoms with E-state index in [1.54, 1.807) is 36.4 Å². The Morgan fingerprint density at radius 3 is 2.02 bits per heavy atom. The number of carbonyl (C=O) groups is 4. The minimum Gasteiger partial charge on any atom is -0.478 e. The van der Waals surface area contributed by atoms with E-state index in [2.05, 4.69) is 21.2 Å². The molecule has 4 aromatic rings. The number of imide groups is 1. The molecule has 2 atom stereocenters. The number of hydrogen-bond acceptors (Lipinski definition) is 4. The van der Waals surface area contributed by atoms with Crippen molar-refractivity contribution in [3.05, 3.63) is 130 Å². The van der Waals surface area contributed by atoms with Crippen molar-refractivity contribution < 1.29 is 24.3 Å². The molecule has 7 nitrogen and oxygen atoms in total.